The Morgan fingerprint density at radius 3 is 2.60 bits per heavy atom. The maximum Gasteiger partial charge on any atom is 0.0984 e. The van der Waals surface area contributed by atoms with Gasteiger partial charge in [0.05, 0.1) is 10.7 Å². The van der Waals surface area contributed by atoms with Gasteiger partial charge in [-0.2, -0.15) is 0 Å². The van der Waals surface area contributed by atoms with Crippen LogP contribution in [0.25, 0.3) is 0 Å². The van der Waals surface area contributed by atoms with E-state index in [2.05, 4.69) is 33.0 Å². The molecule has 1 aliphatic rings. The monoisotopic (exact) mass is 224 g/mol. The predicted octanol–water partition coefficient (Wildman–Crippen LogP) is 2.83. The topological polar surface area (TPSA) is 24.9 Å². The van der Waals surface area contributed by atoms with Crippen LogP contribution in [0.1, 0.15) is 48.7 Å². The standard InChI is InChI=1S/C12H20N2S/c1-8-10(9-5-6-13-7-9)14-11(15-8)12(2,3)4/h9,13H,5-7H2,1-4H3. The van der Waals surface area contributed by atoms with E-state index in [4.69, 9.17) is 4.98 Å². The third-order valence-corrected chi connectivity index (χ3v) is 4.33. The Bertz CT molecular complexity index is 343. The van der Waals surface area contributed by atoms with Crippen LogP contribution in [0, 0.1) is 6.92 Å². The summed E-state index contributed by atoms with van der Waals surface area (Å²) in [5.41, 5.74) is 1.54. The second kappa shape index (κ2) is 3.87. The molecular formula is C12H20N2S. The number of hydrogen-bond acceptors (Lipinski definition) is 3. The van der Waals surface area contributed by atoms with Crippen LogP contribution in [0.2, 0.25) is 0 Å². The first-order chi connectivity index (χ1) is 6.98. The van der Waals surface area contributed by atoms with E-state index in [1.54, 1.807) is 0 Å². The van der Waals surface area contributed by atoms with Crippen molar-refractivity contribution in [2.45, 2.75) is 45.4 Å². The lowest BCUT2D eigenvalue weighted by atomic mass is 9.98. The minimum atomic E-state index is 0.194. The summed E-state index contributed by atoms with van der Waals surface area (Å²) in [7, 11) is 0. The average Bonchev–Trinajstić information content (AvgIpc) is 2.69. The van der Waals surface area contributed by atoms with Crippen molar-refractivity contribution in [1.29, 1.82) is 0 Å². The van der Waals surface area contributed by atoms with Crippen molar-refractivity contribution < 1.29 is 0 Å². The quantitative estimate of drug-likeness (QED) is 0.793. The van der Waals surface area contributed by atoms with E-state index in [0.717, 1.165) is 13.1 Å². The average molecular weight is 224 g/mol. The van der Waals surface area contributed by atoms with E-state index in [1.165, 1.54) is 22.0 Å². The summed E-state index contributed by atoms with van der Waals surface area (Å²) in [6.45, 7) is 11.2. The molecule has 0 aromatic carbocycles. The van der Waals surface area contributed by atoms with Crippen molar-refractivity contribution in [3.8, 4) is 0 Å². The molecule has 1 saturated heterocycles. The highest BCUT2D eigenvalue weighted by Gasteiger charge is 2.25. The minimum absolute atomic E-state index is 0.194. The number of nitrogens with one attached hydrogen (secondary N) is 1. The van der Waals surface area contributed by atoms with Gasteiger partial charge in [-0.25, -0.2) is 4.98 Å². The Kier molecular flexibility index (Phi) is 2.86. The zero-order valence-electron chi connectivity index (χ0n) is 10.1. The highest BCUT2D eigenvalue weighted by atomic mass is 32.1. The summed E-state index contributed by atoms with van der Waals surface area (Å²) in [6, 6.07) is 0. The molecule has 1 fully saturated rings. The van der Waals surface area contributed by atoms with Crippen LogP contribution < -0.4 is 5.32 Å². The number of aryl methyl sites for hydroxylation is 1. The van der Waals surface area contributed by atoms with Crippen molar-refractivity contribution in [3.05, 3.63) is 15.6 Å². The zero-order valence-corrected chi connectivity index (χ0v) is 10.9. The van der Waals surface area contributed by atoms with Crippen LogP contribution in [0.5, 0.6) is 0 Å². The molecule has 0 radical (unpaired) electrons. The number of hydrogen-bond donors (Lipinski definition) is 1. The molecule has 2 rings (SSSR count). The van der Waals surface area contributed by atoms with E-state index in [9.17, 15) is 0 Å². The molecule has 1 N–H and O–H groups in total. The first-order valence-electron chi connectivity index (χ1n) is 5.67. The fourth-order valence-corrected chi connectivity index (χ4v) is 3.05. The molecule has 0 saturated carbocycles. The Balaban J connectivity index is 2.29. The Morgan fingerprint density at radius 2 is 2.13 bits per heavy atom. The van der Waals surface area contributed by atoms with Crippen molar-refractivity contribution in [3.63, 3.8) is 0 Å². The maximum absolute atomic E-state index is 4.84. The lowest BCUT2D eigenvalue weighted by Crippen LogP contribution is -2.12. The van der Waals surface area contributed by atoms with E-state index < -0.39 is 0 Å². The van der Waals surface area contributed by atoms with Gasteiger partial charge in [0.1, 0.15) is 0 Å². The van der Waals surface area contributed by atoms with Gasteiger partial charge >= 0.3 is 0 Å². The summed E-state index contributed by atoms with van der Waals surface area (Å²) in [5, 5.41) is 4.69. The van der Waals surface area contributed by atoms with Crippen LogP contribution in [0.3, 0.4) is 0 Å². The SMILES string of the molecule is Cc1sc(C(C)(C)C)nc1C1CCNC1. The fraction of sp³-hybridized carbons (Fsp3) is 0.750. The van der Waals surface area contributed by atoms with Gasteiger partial charge < -0.3 is 5.32 Å². The molecule has 1 atom stereocenters. The van der Waals surface area contributed by atoms with Gasteiger partial charge in [-0.1, -0.05) is 20.8 Å². The van der Waals surface area contributed by atoms with Gasteiger partial charge in [0.2, 0.25) is 0 Å². The van der Waals surface area contributed by atoms with Gasteiger partial charge in [-0.3, -0.25) is 0 Å². The summed E-state index contributed by atoms with van der Waals surface area (Å²) in [6.07, 6.45) is 1.24. The Morgan fingerprint density at radius 1 is 1.40 bits per heavy atom. The van der Waals surface area contributed by atoms with Crippen molar-refractivity contribution in [2.75, 3.05) is 13.1 Å². The van der Waals surface area contributed by atoms with E-state index in [0.29, 0.717) is 5.92 Å². The summed E-state index contributed by atoms with van der Waals surface area (Å²) >= 11 is 1.87. The van der Waals surface area contributed by atoms with Crippen molar-refractivity contribution >= 4 is 11.3 Å². The van der Waals surface area contributed by atoms with Gasteiger partial charge in [-0.05, 0) is 19.9 Å². The molecule has 1 aromatic rings. The van der Waals surface area contributed by atoms with Crippen LogP contribution >= 0.6 is 11.3 Å². The zero-order chi connectivity index (χ0) is 11.1. The van der Waals surface area contributed by atoms with Crippen LogP contribution in [-0.2, 0) is 5.41 Å². The predicted molar refractivity (Wildman–Crippen MR) is 65.8 cm³/mol. The van der Waals surface area contributed by atoms with E-state index in [1.807, 2.05) is 11.3 Å². The first kappa shape index (κ1) is 11.1. The van der Waals surface area contributed by atoms with Crippen LogP contribution in [0.4, 0.5) is 0 Å². The molecule has 1 aliphatic heterocycles. The van der Waals surface area contributed by atoms with E-state index in [-0.39, 0.29) is 5.41 Å². The smallest absolute Gasteiger partial charge is 0.0984 e. The fourth-order valence-electron chi connectivity index (χ4n) is 2.00. The van der Waals surface area contributed by atoms with Crippen molar-refractivity contribution in [1.82, 2.24) is 10.3 Å². The molecule has 84 valence electrons. The summed E-state index contributed by atoms with van der Waals surface area (Å²) < 4.78 is 0. The number of thiazole rings is 1. The molecule has 3 heteroatoms. The molecule has 15 heavy (non-hydrogen) atoms. The van der Waals surface area contributed by atoms with Crippen LogP contribution in [0.15, 0.2) is 0 Å². The normalized spacial score (nSPS) is 22.3. The lowest BCUT2D eigenvalue weighted by Gasteiger charge is -2.14. The molecule has 0 spiro atoms. The largest absolute Gasteiger partial charge is 0.316 e. The lowest BCUT2D eigenvalue weighted by molar-refractivity contribution is 0.579. The molecular weight excluding hydrogens is 204 g/mol. The molecule has 0 amide bonds. The first-order valence-corrected chi connectivity index (χ1v) is 6.48. The van der Waals surface area contributed by atoms with E-state index >= 15 is 0 Å². The van der Waals surface area contributed by atoms with Gasteiger partial charge in [0, 0.05) is 22.8 Å². The molecule has 0 aliphatic carbocycles. The number of nitrogens with zero attached hydrogens (tertiary/aromatic N) is 1. The molecule has 1 unspecified atom stereocenters. The second-order valence-corrected chi connectivity index (χ2v) is 6.60. The molecule has 1 aromatic heterocycles. The maximum atomic E-state index is 4.84. The Labute approximate surface area is 96.1 Å². The summed E-state index contributed by atoms with van der Waals surface area (Å²) in [4.78, 5) is 6.25. The Hall–Kier alpha value is -0.410. The van der Waals surface area contributed by atoms with Crippen LogP contribution in [-0.4, -0.2) is 18.1 Å². The van der Waals surface area contributed by atoms with Gasteiger partial charge in [0.25, 0.3) is 0 Å². The third kappa shape index (κ3) is 2.23. The molecule has 2 heterocycles. The van der Waals surface area contributed by atoms with Gasteiger partial charge in [-0.15, -0.1) is 11.3 Å². The second-order valence-electron chi connectivity index (χ2n) is 5.40. The molecule has 2 nitrogen and oxygen atoms in total. The minimum Gasteiger partial charge on any atom is -0.316 e. The third-order valence-electron chi connectivity index (χ3n) is 2.92. The van der Waals surface area contributed by atoms with Crippen molar-refractivity contribution in [2.24, 2.45) is 0 Å². The molecule has 0 bridgehead atoms. The van der Waals surface area contributed by atoms with Gasteiger partial charge in [0.15, 0.2) is 0 Å². The number of rotatable bonds is 1. The number of aromatic nitrogens is 1. The highest BCUT2D eigenvalue weighted by Crippen LogP contribution is 2.33. The summed E-state index contributed by atoms with van der Waals surface area (Å²) in [5.74, 6) is 0.650. The highest BCUT2D eigenvalue weighted by molar-refractivity contribution is 7.11.